The van der Waals surface area contributed by atoms with Crippen molar-refractivity contribution in [2.24, 2.45) is 0 Å². The number of hydrogen-bond donors (Lipinski definition) is 2. The molecule has 0 saturated carbocycles. The van der Waals surface area contributed by atoms with E-state index in [0.717, 1.165) is 0 Å². The summed E-state index contributed by atoms with van der Waals surface area (Å²) in [5.41, 5.74) is -0.469. The first-order valence-corrected chi connectivity index (χ1v) is 7.76. The Morgan fingerprint density at radius 3 is 2.30 bits per heavy atom. The fourth-order valence-electron chi connectivity index (χ4n) is 2.08. The molecule has 110 valence electrons. The molecular formula is C13H17NO5S. The van der Waals surface area contributed by atoms with Crippen molar-refractivity contribution in [3.8, 4) is 0 Å². The van der Waals surface area contributed by atoms with Gasteiger partial charge < -0.3 is 9.84 Å². The highest BCUT2D eigenvalue weighted by Gasteiger charge is 2.32. The minimum Gasteiger partial charge on any atom is -0.478 e. The number of benzene rings is 1. The maximum absolute atomic E-state index is 12.3. The van der Waals surface area contributed by atoms with Gasteiger partial charge in [-0.2, -0.15) is 0 Å². The Hall–Kier alpha value is -1.44. The topological polar surface area (TPSA) is 92.7 Å². The Kier molecular flexibility index (Phi) is 4.12. The monoisotopic (exact) mass is 299 g/mol. The van der Waals surface area contributed by atoms with Gasteiger partial charge in [0.2, 0.25) is 10.0 Å². The van der Waals surface area contributed by atoms with E-state index in [4.69, 9.17) is 9.84 Å². The number of nitrogens with one attached hydrogen (secondary N) is 1. The summed E-state index contributed by atoms with van der Waals surface area (Å²) in [5.74, 6) is -1.08. The maximum atomic E-state index is 12.3. The van der Waals surface area contributed by atoms with Gasteiger partial charge in [-0.15, -0.1) is 0 Å². The highest BCUT2D eigenvalue weighted by Crippen LogP contribution is 2.23. The highest BCUT2D eigenvalue weighted by atomic mass is 32.2. The van der Waals surface area contributed by atoms with E-state index in [1.807, 2.05) is 6.92 Å². The molecule has 1 saturated heterocycles. The van der Waals surface area contributed by atoms with E-state index in [1.165, 1.54) is 24.3 Å². The number of hydrogen-bond acceptors (Lipinski definition) is 4. The lowest BCUT2D eigenvalue weighted by Crippen LogP contribution is -2.49. The van der Waals surface area contributed by atoms with Gasteiger partial charge in [0, 0.05) is 18.8 Å². The molecule has 0 amide bonds. The third-order valence-corrected chi connectivity index (χ3v) is 5.04. The first kappa shape index (κ1) is 15.0. The van der Waals surface area contributed by atoms with E-state index in [1.54, 1.807) is 0 Å². The predicted octanol–water partition coefficient (Wildman–Crippen LogP) is 1.23. The number of rotatable bonds is 4. The third-order valence-electron chi connectivity index (χ3n) is 3.39. The van der Waals surface area contributed by atoms with Crippen LogP contribution in [0.3, 0.4) is 0 Å². The molecule has 1 fully saturated rings. The second-order valence-corrected chi connectivity index (χ2v) is 6.79. The van der Waals surface area contributed by atoms with Crippen molar-refractivity contribution in [2.75, 3.05) is 13.2 Å². The maximum Gasteiger partial charge on any atom is 0.335 e. The lowest BCUT2D eigenvalue weighted by atomic mass is 9.94. The highest BCUT2D eigenvalue weighted by molar-refractivity contribution is 7.89. The van der Waals surface area contributed by atoms with Gasteiger partial charge in [0.25, 0.3) is 0 Å². The van der Waals surface area contributed by atoms with E-state index in [2.05, 4.69) is 4.72 Å². The molecule has 0 bridgehead atoms. The summed E-state index contributed by atoms with van der Waals surface area (Å²) in [5, 5.41) is 8.80. The van der Waals surface area contributed by atoms with Crippen LogP contribution in [0.15, 0.2) is 29.2 Å². The fourth-order valence-corrected chi connectivity index (χ4v) is 3.55. The normalized spacial score (nSPS) is 18.6. The van der Waals surface area contributed by atoms with Gasteiger partial charge in [-0.05, 0) is 44.0 Å². The van der Waals surface area contributed by atoms with Gasteiger partial charge in [-0.1, -0.05) is 0 Å². The van der Waals surface area contributed by atoms with Gasteiger partial charge in [0.15, 0.2) is 0 Å². The molecule has 1 aromatic carbocycles. The minimum absolute atomic E-state index is 0.0567. The van der Waals surface area contributed by atoms with Gasteiger partial charge in [0.1, 0.15) is 0 Å². The average molecular weight is 299 g/mol. The standard InChI is InChI=1S/C13H17NO5S/c1-13(6-8-19-9-7-13)14-20(17,18)11-4-2-10(3-5-11)12(15)16/h2-5,14H,6-9H2,1H3,(H,15,16). The van der Waals surface area contributed by atoms with Crippen molar-refractivity contribution in [3.05, 3.63) is 29.8 Å². The summed E-state index contributed by atoms with van der Waals surface area (Å²) in [4.78, 5) is 10.8. The molecule has 1 aliphatic heterocycles. The molecule has 2 N–H and O–H groups in total. The lowest BCUT2D eigenvalue weighted by Gasteiger charge is -2.33. The first-order valence-electron chi connectivity index (χ1n) is 6.28. The summed E-state index contributed by atoms with van der Waals surface area (Å²) >= 11 is 0. The Labute approximate surface area is 117 Å². The molecule has 0 aliphatic carbocycles. The zero-order chi connectivity index (χ0) is 14.8. The van der Waals surface area contributed by atoms with Crippen LogP contribution in [0.1, 0.15) is 30.1 Å². The molecule has 1 heterocycles. The van der Waals surface area contributed by atoms with Gasteiger partial charge in [-0.3, -0.25) is 0 Å². The van der Waals surface area contributed by atoms with Crippen molar-refractivity contribution < 1.29 is 23.1 Å². The molecule has 1 aliphatic rings. The number of carboxylic acids is 1. The molecule has 0 spiro atoms. The Bertz CT molecular complexity index is 588. The van der Waals surface area contributed by atoms with Crippen LogP contribution in [0.25, 0.3) is 0 Å². The Balaban J connectivity index is 2.19. The van der Waals surface area contributed by atoms with Crippen LogP contribution < -0.4 is 4.72 Å². The first-order chi connectivity index (χ1) is 9.32. The van der Waals surface area contributed by atoms with Gasteiger partial charge in [0.05, 0.1) is 10.5 Å². The van der Waals surface area contributed by atoms with Crippen LogP contribution in [-0.4, -0.2) is 38.2 Å². The molecule has 1 aromatic rings. The summed E-state index contributed by atoms with van der Waals surface area (Å²) in [6, 6.07) is 5.16. The van der Waals surface area contributed by atoms with Gasteiger partial charge in [-0.25, -0.2) is 17.9 Å². The summed E-state index contributed by atoms with van der Waals surface area (Å²) < 4.78 is 32.5. The van der Waals surface area contributed by atoms with E-state index in [0.29, 0.717) is 26.1 Å². The van der Waals surface area contributed by atoms with Crippen LogP contribution in [0.4, 0.5) is 0 Å². The van der Waals surface area contributed by atoms with Crippen molar-refractivity contribution in [3.63, 3.8) is 0 Å². The van der Waals surface area contributed by atoms with Crippen molar-refractivity contribution in [2.45, 2.75) is 30.2 Å². The molecule has 2 rings (SSSR count). The van der Waals surface area contributed by atoms with Crippen molar-refractivity contribution in [1.29, 1.82) is 0 Å². The molecule has 7 heteroatoms. The van der Waals surface area contributed by atoms with Crippen LogP contribution in [0.5, 0.6) is 0 Å². The molecular weight excluding hydrogens is 282 g/mol. The van der Waals surface area contributed by atoms with Crippen LogP contribution in [0.2, 0.25) is 0 Å². The lowest BCUT2D eigenvalue weighted by molar-refractivity contribution is 0.0537. The van der Waals surface area contributed by atoms with Crippen LogP contribution in [0, 0.1) is 0 Å². The molecule has 20 heavy (non-hydrogen) atoms. The number of carboxylic acid groups (broad SMARTS) is 1. The van der Waals surface area contributed by atoms with Crippen molar-refractivity contribution >= 4 is 16.0 Å². The predicted molar refractivity (Wildman–Crippen MR) is 72.2 cm³/mol. The molecule has 0 unspecified atom stereocenters. The molecule has 0 radical (unpaired) electrons. The summed E-state index contributed by atoms with van der Waals surface area (Å²) in [6.45, 7) is 2.90. The SMILES string of the molecule is CC1(NS(=O)(=O)c2ccc(C(=O)O)cc2)CCOCC1. The fraction of sp³-hybridized carbons (Fsp3) is 0.462. The molecule has 6 nitrogen and oxygen atoms in total. The summed E-state index contributed by atoms with van der Waals surface area (Å²) in [7, 11) is -3.66. The van der Waals surface area contributed by atoms with Crippen LogP contribution in [-0.2, 0) is 14.8 Å². The number of aromatic carboxylic acids is 1. The number of sulfonamides is 1. The zero-order valence-corrected chi connectivity index (χ0v) is 11.9. The second-order valence-electron chi connectivity index (χ2n) is 5.11. The van der Waals surface area contributed by atoms with E-state index in [9.17, 15) is 13.2 Å². The largest absolute Gasteiger partial charge is 0.478 e. The van der Waals surface area contributed by atoms with Crippen LogP contribution >= 0.6 is 0 Å². The summed E-state index contributed by atoms with van der Waals surface area (Å²) in [6.07, 6.45) is 1.22. The number of carbonyl (C=O) groups is 1. The zero-order valence-electron chi connectivity index (χ0n) is 11.1. The van der Waals surface area contributed by atoms with E-state index < -0.39 is 21.5 Å². The number of ether oxygens (including phenoxy) is 1. The quantitative estimate of drug-likeness (QED) is 0.872. The molecule has 0 atom stereocenters. The Morgan fingerprint density at radius 2 is 1.80 bits per heavy atom. The van der Waals surface area contributed by atoms with E-state index in [-0.39, 0.29) is 10.5 Å². The van der Waals surface area contributed by atoms with Gasteiger partial charge >= 0.3 is 5.97 Å². The average Bonchev–Trinajstić information content (AvgIpc) is 2.38. The second kappa shape index (κ2) is 5.51. The minimum atomic E-state index is -3.66. The van der Waals surface area contributed by atoms with E-state index >= 15 is 0 Å². The molecule has 0 aromatic heterocycles. The third kappa shape index (κ3) is 3.36. The van der Waals surface area contributed by atoms with Crippen molar-refractivity contribution in [1.82, 2.24) is 4.72 Å². The Morgan fingerprint density at radius 1 is 1.25 bits per heavy atom. The smallest absolute Gasteiger partial charge is 0.335 e.